The molecule has 2 aliphatic heterocycles. The Morgan fingerprint density at radius 2 is 2.11 bits per heavy atom. The van der Waals surface area contributed by atoms with Crippen LogP contribution in [0.25, 0.3) is 0 Å². The molecule has 0 saturated carbocycles. The minimum atomic E-state index is 0.770. The van der Waals surface area contributed by atoms with E-state index in [9.17, 15) is 0 Å². The molecule has 3 rings (SSSR count). The van der Waals surface area contributed by atoms with Crippen molar-refractivity contribution in [2.45, 2.75) is 57.9 Å². The van der Waals surface area contributed by atoms with Gasteiger partial charge in [-0.05, 0) is 69.3 Å². The molecule has 0 radical (unpaired) electrons. The minimum absolute atomic E-state index is 0.770. The van der Waals surface area contributed by atoms with Gasteiger partial charge in [-0.15, -0.1) is 0 Å². The summed E-state index contributed by atoms with van der Waals surface area (Å²) in [6, 6.07) is 7.33. The maximum Gasteiger partial charge on any atom is 0.190 e. The number of likely N-dealkylation sites (tertiary alicyclic amines) is 1. The lowest BCUT2D eigenvalue weighted by atomic mass is 10.0. The minimum Gasteiger partial charge on any atom is -0.493 e. The molecule has 2 N–H and O–H groups in total. The van der Waals surface area contributed by atoms with E-state index in [4.69, 9.17) is 4.74 Å². The molecule has 1 atom stereocenters. The van der Waals surface area contributed by atoms with E-state index in [0.29, 0.717) is 0 Å². The summed E-state index contributed by atoms with van der Waals surface area (Å²) < 4.78 is 5.57. The van der Waals surface area contributed by atoms with Gasteiger partial charge in [0.2, 0.25) is 0 Å². The van der Waals surface area contributed by atoms with Crippen LogP contribution in [0.5, 0.6) is 5.75 Å². The van der Waals surface area contributed by atoms with Crippen LogP contribution in [-0.4, -0.2) is 56.7 Å². The number of ether oxygens (including phenoxy) is 1. The van der Waals surface area contributed by atoms with Crippen LogP contribution >= 0.6 is 0 Å². The van der Waals surface area contributed by atoms with E-state index in [1.54, 1.807) is 0 Å². The first-order valence-corrected chi connectivity index (χ1v) is 10.7. The maximum absolute atomic E-state index is 5.57. The number of fused-ring (bicyclic) bond motifs is 1. The molecular weight excluding hydrogens is 336 g/mol. The van der Waals surface area contributed by atoms with Crippen molar-refractivity contribution in [3.05, 3.63) is 29.3 Å². The molecule has 0 aromatic heterocycles. The summed E-state index contributed by atoms with van der Waals surface area (Å²) in [5.74, 6) is 1.97. The molecule has 0 amide bonds. The van der Waals surface area contributed by atoms with Crippen molar-refractivity contribution in [1.82, 2.24) is 15.5 Å². The predicted octanol–water partition coefficient (Wildman–Crippen LogP) is 2.98. The van der Waals surface area contributed by atoms with E-state index in [2.05, 4.69) is 45.6 Å². The second kappa shape index (κ2) is 10.5. The van der Waals surface area contributed by atoms with E-state index in [1.165, 1.54) is 56.3 Å². The Bertz CT molecular complexity index is 616. The SMILES string of the molecule is CN=C(NCCCCN1CCCCC1C)NCCc1ccc2c(c1)CCO2. The number of piperidine rings is 1. The lowest BCUT2D eigenvalue weighted by Gasteiger charge is -2.33. The maximum atomic E-state index is 5.57. The Labute approximate surface area is 164 Å². The summed E-state index contributed by atoms with van der Waals surface area (Å²) in [7, 11) is 1.84. The molecule has 1 unspecified atom stereocenters. The number of guanidine groups is 1. The van der Waals surface area contributed by atoms with Gasteiger partial charge in [0.25, 0.3) is 0 Å². The molecule has 5 nitrogen and oxygen atoms in total. The van der Waals surface area contributed by atoms with Gasteiger partial charge in [0.15, 0.2) is 5.96 Å². The highest BCUT2D eigenvalue weighted by molar-refractivity contribution is 5.79. The molecule has 27 heavy (non-hydrogen) atoms. The third-order valence-electron chi connectivity index (χ3n) is 5.79. The number of nitrogens with one attached hydrogen (secondary N) is 2. The second-order valence-corrected chi connectivity index (χ2v) is 7.80. The van der Waals surface area contributed by atoms with Crippen LogP contribution < -0.4 is 15.4 Å². The molecule has 1 aromatic rings. The average Bonchev–Trinajstić information content (AvgIpc) is 3.15. The Balaban J connectivity index is 1.28. The monoisotopic (exact) mass is 372 g/mol. The smallest absolute Gasteiger partial charge is 0.190 e. The zero-order valence-electron chi connectivity index (χ0n) is 17.1. The van der Waals surface area contributed by atoms with Gasteiger partial charge in [0, 0.05) is 32.6 Å². The fourth-order valence-electron chi connectivity index (χ4n) is 4.08. The normalized spacial score (nSPS) is 20.2. The summed E-state index contributed by atoms with van der Waals surface area (Å²) in [4.78, 5) is 6.99. The van der Waals surface area contributed by atoms with Crippen LogP contribution in [0.3, 0.4) is 0 Å². The van der Waals surface area contributed by atoms with E-state index in [-0.39, 0.29) is 0 Å². The standard InChI is InChI=1S/C22H36N4O/c1-18-7-3-5-14-26(18)15-6-4-12-24-22(23-2)25-13-10-19-8-9-21-20(17-19)11-16-27-21/h8-9,17-18H,3-7,10-16H2,1-2H3,(H2,23,24,25). The first-order chi connectivity index (χ1) is 13.3. The first kappa shape index (κ1) is 20.0. The number of nitrogens with zero attached hydrogens (tertiary/aromatic N) is 2. The van der Waals surface area contributed by atoms with Crippen molar-refractivity contribution in [2.75, 3.05) is 39.8 Å². The van der Waals surface area contributed by atoms with Gasteiger partial charge in [-0.25, -0.2) is 0 Å². The van der Waals surface area contributed by atoms with Crippen molar-refractivity contribution in [3.8, 4) is 5.75 Å². The highest BCUT2D eigenvalue weighted by Gasteiger charge is 2.17. The van der Waals surface area contributed by atoms with Crippen LogP contribution in [0.2, 0.25) is 0 Å². The van der Waals surface area contributed by atoms with Gasteiger partial charge in [-0.3, -0.25) is 4.99 Å². The van der Waals surface area contributed by atoms with Gasteiger partial charge >= 0.3 is 0 Å². The van der Waals surface area contributed by atoms with Gasteiger partial charge < -0.3 is 20.3 Å². The lowest BCUT2D eigenvalue weighted by molar-refractivity contribution is 0.158. The summed E-state index contributed by atoms with van der Waals surface area (Å²) in [5, 5.41) is 6.88. The summed E-state index contributed by atoms with van der Waals surface area (Å²) >= 11 is 0. The zero-order chi connectivity index (χ0) is 18.9. The van der Waals surface area contributed by atoms with Crippen molar-refractivity contribution in [2.24, 2.45) is 4.99 Å². The second-order valence-electron chi connectivity index (χ2n) is 7.80. The fourth-order valence-corrected chi connectivity index (χ4v) is 4.08. The number of aliphatic imine (C=N–C) groups is 1. The van der Waals surface area contributed by atoms with Crippen molar-refractivity contribution >= 4 is 5.96 Å². The molecule has 1 saturated heterocycles. The van der Waals surface area contributed by atoms with E-state index in [1.807, 2.05) is 7.05 Å². The molecule has 0 spiro atoms. The molecule has 1 aromatic carbocycles. The highest BCUT2D eigenvalue weighted by Crippen LogP contribution is 2.25. The Morgan fingerprint density at radius 1 is 1.22 bits per heavy atom. The highest BCUT2D eigenvalue weighted by atomic mass is 16.5. The van der Waals surface area contributed by atoms with Crippen LogP contribution in [0.1, 0.15) is 50.2 Å². The third-order valence-corrected chi connectivity index (χ3v) is 5.79. The number of rotatable bonds is 8. The van der Waals surface area contributed by atoms with Crippen LogP contribution in [-0.2, 0) is 12.8 Å². The van der Waals surface area contributed by atoms with Crippen molar-refractivity contribution < 1.29 is 4.74 Å². The van der Waals surface area contributed by atoms with E-state index in [0.717, 1.165) is 50.3 Å². The molecule has 150 valence electrons. The van der Waals surface area contributed by atoms with Gasteiger partial charge in [0.05, 0.1) is 6.61 Å². The predicted molar refractivity (Wildman–Crippen MR) is 113 cm³/mol. The molecule has 2 heterocycles. The Kier molecular flexibility index (Phi) is 7.81. The third kappa shape index (κ3) is 6.13. The Morgan fingerprint density at radius 3 is 2.96 bits per heavy atom. The van der Waals surface area contributed by atoms with Gasteiger partial charge in [-0.2, -0.15) is 0 Å². The van der Waals surface area contributed by atoms with Crippen molar-refractivity contribution in [3.63, 3.8) is 0 Å². The fraction of sp³-hybridized carbons (Fsp3) is 0.682. The summed E-state index contributed by atoms with van der Waals surface area (Å²) in [6.07, 6.45) is 8.63. The lowest BCUT2D eigenvalue weighted by Crippen LogP contribution is -2.40. The number of unbranched alkanes of at least 4 members (excludes halogenated alkanes) is 1. The van der Waals surface area contributed by atoms with Crippen LogP contribution in [0.15, 0.2) is 23.2 Å². The largest absolute Gasteiger partial charge is 0.493 e. The zero-order valence-corrected chi connectivity index (χ0v) is 17.1. The van der Waals surface area contributed by atoms with Crippen LogP contribution in [0, 0.1) is 0 Å². The number of hydrogen-bond acceptors (Lipinski definition) is 3. The number of benzene rings is 1. The van der Waals surface area contributed by atoms with E-state index < -0.39 is 0 Å². The topological polar surface area (TPSA) is 48.9 Å². The molecule has 0 aliphatic carbocycles. The van der Waals surface area contributed by atoms with E-state index >= 15 is 0 Å². The first-order valence-electron chi connectivity index (χ1n) is 10.7. The Hall–Kier alpha value is -1.75. The molecule has 1 fully saturated rings. The van der Waals surface area contributed by atoms with Crippen molar-refractivity contribution in [1.29, 1.82) is 0 Å². The van der Waals surface area contributed by atoms with Gasteiger partial charge in [-0.1, -0.05) is 18.6 Å². The summed E-state index contributed by atoms with van der Waals surface area (Å²) in [5.41, 5.74) is 2.70. The quantitative estimate of drug-likeness (QED) is 0.418. The molecular formula is C22H36N4O. The van der Waals surface area contributed by atoms with Gasteiger partial charge in [0.1, 0.15) is 5.75 Å². The molecule has 2 aliphatic rings. The number of hydrogen-bond donors (Lipinski definition) is 2. The molecule has 5 heteroatoms. The molecule has 0 bridgehead atoms. The van der Waals surface area contributed by atoms with Crippen LogP contribution in [0.4, 0.5) is 0 Å². The summed E-state index contributed by atoms with van der Waals surface area (Å²) in [6.45, 7) is 7.59. The average molecular weight is 373 g/mol.